The highest BCUT2D eigenvalue weighted by Crippen LogP contribution is 2.32. The number of halogens is 1. The lowest BCUT2D eigenvalue weighted by molar-refractivity contribution is 0.0694. The van der Waals surface area contributed by atoms with Gasteiger partial charge in [0.15, 0.2) is 0 Å². The minimum atomic E-state index is -1.03. The Hall–Kier alpha value is -1.95. The van der Waals surface area contributed by atoms with E-state index in [0.29, 0.717) is 5.88 Å². The maximum atomic E-state index is 11.3. The molecule has 0 saturated heterocycles. The number of hydrogen-bond acceptors (Lipinski definition) is 4. The summed E-state index contributed by atoms with van der Waals surface area (Å²) in [6.07, 6.45) is 5.43. The van der Waals surface area contributed by atoms with E-state index in [-0.39, 0.29) is 11.3 Å². The Balaban J connectivity index is 2.01. The SMILES string of the molecule is O=C(O)c1ccc(Br)cc1Oc1ncnc2c1CCCC2. The summed E-state index contributed by atoms with van der Waals surface area (Å²) in [6.45, 7) is 0. The highest BCUT2D eigenvalue weighted by Gasteiger charge is 2.19. The maximum Gasteiger partial charge on any atom is 0.339 e. The molecule has 2 aromatic rings. The Labute approximate surface area is 130 Å². The van der Waals surface area contributed by atoms with Crippen LogP contribution in [0.2, 0.25) is 0 Å². The smallest absolute Gasteiger partial charge is 0.339 e. The van der Waals surface area contributed by atoms with Crippen LogP contribution >= 0.6 is 15.9 Å². The van der Waals surface area contributed by atoms with Gasteiger partial charge in [-0.15, -0.1) is 0 Å². The van der Waals surface area contributed by atoms with E-state index < -0.39 is 5.97 Å². The topological polar surface area (TPSA) is 72.3 Å². The molecule has 6 heteroatoms. The number of fused-ring (bicyclic) bond motifs is 1. The molecular weight excluding hydrogens is 336 g/mol. The van der Waals surface area contributed by atoms with Gasteiger partial charge in [0.05, 0.1) is 5.69 Å². The van der Waals surface area contributed by atoms with Crippen LogP contribution < -0.4 is 4.74 Å². The van der Waals surface area contributed by atoms with Gasteiger partial charge in [0, 0.05) is 10.0 Å². The van der Waals surface area contributed by atoms with Crippen LogP contribution in [0.4, 0.5) is 0 Å². The van der Waals surface area contributed by atoms with E-state index in [1.54, 1.807) is 12.1 Å². The molecular formula is C15H13BrN2O3. The Morgan fingerprint density at radius 1 is 1.24 bits per heavy atom. The van der Waals surface area contributed by atoms with Gasteiger partial charge < -0.3 is 9.84 Å². The molecule has 108 valence electrons. The van der Waals surface area contributed by atoms with Crippen molar-refractivity contribution >= 4 is 21.9 Å². The molecule has 0 unspecified atom stereocenters. The third kappa shape index (κ3) is 2.90. The third-order valence-corrected chi connectivity index (χ3v) is 3.96. The number of aryl methyl sites for hydroxylation is 1. The second-order valence-electron chi connectivity index (χ2n) is 4.86. The van der Waals surface area contributed by atoms with E-state index in [1.165, 1.54) is 12.4 Å². The predicted molar refractivity (Wildman–Crippen MR) is 79.8 cm³/mol. The van der Waals surface area contributed by atoms with Crippen LogP contribution in [0.25, 0.3) is 0 Å². The van der Waals surface area contributed by atoms with Crippen LogP contribution in [-0.2, 0) is 12.8 Å². The summed E-state index contributed by atoms with van der Waals surface area (Å²) < 4.78 is 6.54. The average molecular weight is 349 g/mol. The lowest BCUT2D eigenvalue weighted by Gasteiger charge is -2.17. The molecule has 0 spiro atoms. The molecule has 0 aliphatic heterocycles. The van der Waals surface area contributed by atoms with E-state index in [0.717, 1.165) is 41.4 Å². The number of ether oxygens (including phenoxy) is 1. The summed E-state index contributed by atoms with van der Waals surface area (Å²) in [5, 5.41) is 9.24. The second-order valence-corrected chi connectivity index (χ2v) is 5.77. The van der Waals surface area contributed by atoms with Crippen LogP contribution in [0, 0.1) is 0 Å². The van der Waals surface area contributed by atoms with Crippen LogP contribution in [0.15, 0.2) is 29.0 Å². The summed E-state index contributed by atoms with van der Waals surface area (Å²) in [4.78, 5) is 19.7. The molecule has 0 fully saturated rings. The summed E-state index contributed by atoms with van der Waals surface area (Å²) >= 11 is 3.33. The van der Waals surface area contributed by atoms with Crippen molar-refractivity contribution in [2.24, 2.45) is 0 Å². The summed E-state index contributed by atoms with van der Waals surface area (Å²) in [6, 6.07) is 4.82. The first kappa shape index (κ1) is 14.0. The molecule has 3 rings (SSSR count). The van der Waals surface area contributed by atoms with Crippen LogP contribution in [0.3, 0.4) is 0 Å². The minimum Gasteiger partial charge on any atom is -0.478 e. The molecule has 1 heterocycles. The second kappa shape index (κ2) is 5.81. The molecule has 5 nitrogen and oxygen atoms in total. The number of rotatable bonds is 3. The quantitative estimate of drug-likeness (QED) is 0.917. The molecule has 1 aliphatic rings. The van der Waals surface area contributed by atoms with Gasteiger partial charge in [-0.2, -0.15) is 0 Å². The fraction of sp³-hybridized carbons (Fsp3) is 0.267. The lowest BCUT2D eigenvalue weighted by atomic mass is 9.97. The van der Waals surface area contributed by atoms with Crippen LogP contribution in [0.5, 0.6) is 11.6 Å². The zero-order chi connectivity index (χ0) is 14.8. The van der Waals surface area contributed by atoms with Gasteiger partial charge in [-0.05, 0) is 43.9 Å². The first-order valence-electron chi connectivity index (χ1n) is 6.68. The van der Waals surface area contributed by atoms with Crippen molar-refractivity contribution in [3.8, 4) is 11.6 Å². The molecule has 21 heavy (non-hydrogen) atoms. The average Bonchev–Trinajstić information content (AvgIpc) is 2.47. The zero-order valence-electron chi connectivity index (χ0n) is 11.2. The molecule has 0 radical (unpaired) electrons. The summed E-state index contributed by atoms with van der Waals surface area (Å²) in [5.74, 6) is -0.288. The van der Waals surface area contributed by atoms with Crippen LogP contribution in [-0.4, -0.2) is 21.0 Å². The number of carboxylic acid groups (broad SMARTS) is 1. The van der Waals surface area contributed by atoms with Gasteiger partial charge in [-0.1, -0.05) is 15.9 Å². The van der Waals surface area contributed by atoms with Gasteiger partial charge >= 0.3 is 5.97 Å². The van der Waals surface area contributed by atoms with Gasteiger partial charge in [0.25, 0.3) is 0 Å². The molecule has 0 saturated carbocycles. The molecule has 1 N–H and O–H groups in total. The van der Waals surface area contributed by atoms with Crippen molar-refractivity contribution < 1.29 is 14.6 Å². The fourth-order valence-corrected chi connectivity index (χ4v) is 2.78. The van der Waals surface area contributed by atoms with Crippen molar-refractivity contribution in [2.75, 3.05) is 0 Å². The van der Waals surface area contributed by atoms with E-state index in [4.69, 9.17) is 4.74 Å². The summed E-state index contributed by atoms with van der Waals surface area (Å²) in [7, 11) is 0. The van der Waals surface area contributed by atoms with Gasteiger partial charge in [0.2, 0.25) is 5.88 Å². The monoisotopic (exact) mass is 348 g/mol. The largest absolute Gasteiger partial charge is 0.478 e. The number of carboxylic acids is 1. The van der Waals surface area contributed by atoms with Crippen molar-refractivity contribution in [3.05, 3.63) is 45.8 Å². The first-order chi connectivity index (χ1) is 10.1. The van der Waals surface area contributed by atoms with Gasteiger partial charge in [0.1, 0.15) is 17.6 Å². The molecule has 1 aromatic heterocycles. The predicted octanol–water partition coefficient (Wildman–Crippen LogP) is 3.61. The minimum absolute atomic E-state index is 0.112. The number of benzene rings is 1. The lowest BCUT2D eigenvalue weighted by Crippen LogP contribution is -2.09. The fourth-order valence-electron chi connectivity index (χ4n) is 2.44. The van der Waals surface area contributed by atoms with E-state index >= 15 is 0 Å². The van der Waals surface area contributed by atoms with Crippen LogP contribution in [0.1, 0.15) is 34.5 Å². The van der Waals surface area contributed by atoms with E-state index in [1.807, 2.05) is 0 Å². The van der Waals surface area contributed by atoms with Gasteiger partial charge in [-0.25, -0.2) is 14.8 Å². The number of hydrogen-bond donors (Lipinski definition) is 1. The Morgan fingerprint density at radius 2 is 2.05 bits per heavy atom. The normalized spacial score (nSPS) is 13.6. The number of aromatic carboxylic acids is 1. The molecule has 1 aromatic carbocycles. The van der Waals surface area contributed by atoms with Crippen molar-refractivity contribution in [1.29, 1.82) is 0 Å². The number of carbonyl (C=O) groups is 1. The maximum absolute atomic E-state index is 11.3. The Bertz CT molecular complexity index is 703. The molecule has 0 bridgehead atoms. The zero-order valence-corrected chi connectivity index (χ0v) is 12.8. The van der Waals surface area contributed by atoms with Crippen molar-refractivity contribution in [3.63, 3.8) is 0 Å². The molecule has 0 atom stereocenters. The highest BCUT2D eigenvalue weighted by atomic mass is 79.9. The number of nitrogens with zero attached hydrogens (tertiary/aromatic N) is 2. The van der Waals surface area contributed by atoms with Crippen molar-refractivity contribution in [1.82, 2.24) is 9.97 Å². The highest BCUT2D eigenvalue weighted by molar-refractivity contribution is 9.10. The molecule has 1 aliphatic carbocycles. The third-order valence-electron chi connectivity index (χ3n) is 3.47. The summed E-state index contributed by atoms with van der Waals surface area (Å²) in [5.41, 5.74) is 2.10. The van der Waals surface area contributed by atoms with E-state index in [2.05, 4.69) is 25.9 Å². The molecule has 0 amide bonds. The van der Waals surface area contributed by atoms with E-state index in [9.17, 15) is 9.90 Å². The van der Waals surface area contributed by atoms with Gasteiger partial charge in [-0.3, -0.25) is 0 Å². The standard InChI is InChI=1S/C15H13BrN2O3/c16-9-5-6-11(15(19)20)13(7-9)21-14-10-3-1-2-4-12(10)17-8-18-14/h5-8H,1-4H2,(H,19,20). The Kier molecular flexibility index (Phi) is 3.88. The first-order valence-corrected chi connectivity index (χ1v) is 7.48. The van der Waals surface area contributed by atoms with Crippen molar-refractivity contribution in [2.45, 2.75) is 25.7 Å². The number of aromatic nitrogens is 2. The Morgan fingerprint density at radius 3 is 2.86 bits per heavy atom.